The van der Waals surface area contributed by atoms with Gasteiger partial charge in [0.05, 0.1) is 11.9 Å². The largest absolute Gasteiger partial charge is 0.508 e. The van der Waals surface area contributed by atoms with Gasteiger partial charge in [0.15, 0.2) is 5.82 Å². The number of benzene rings is 1. The number of nitrogens with one attached hydrogen (secondary N) is 1. The molecule has 1 atom stereocenters. The lowest BCUT2D eigenvalue weighted by Gasteiger charge is -2.13. The summed E-state index contributed by atoms with van der Waals surface area (Å²) in [6, 6.07) is 6.83. The van der Waals surface area contributed by atoms with Crippen molar-refractivity contribution in [2.45, 2.75) is 39.5 Å². The maximum absolute atomic E-state index is 12.5. The van der Waals surface area contributed by atoms with E-state index in [-0.39, 0.29) is 17.6 Å². The second kappa shape index (κ2) is 9.82. The highest BCUT2D eigenvalue weighted by molar-refractivity contribution is 5.93. The van der Waals surface area contributed by atoms with Gasteiger partial charge in [-0.2, -0.15) is 0 Å². The van der Waals surface area contributed by atoms with E-state index >= 15 is 0 Å². The van der Waals surface area contributed by atoms with Crippen LogP contribution in [0.2, 0.25) is 0 Å². The van der Waals surface area contributed by atoms with Crippen molar-refractivity contribution >= 4 is 17.8 Å². The minimum Gasteiger partial charge on any atom is -0.508 e. The van der Waals surface area contributed by atoms with Crippen LogP contribution in [0, 0.1) is 5.92 Å². The SMILES string of the molecule is CCCC(C)C(=O)Nc1ncc(-c2ccc(O)cc2)nc1/C=C/C1=CC=CCC1. The molecule has 0 bridgehead atoms. The fourth-order valence-electron chi connectivity index (χ4n) is 3.14. The molecule has 2 aromatic rings. The van der Waals surface area contributed by atoms with Gasteiger partial charge in [0.1, 0.15) is 11.4 Å². The Morgan fingerprint density at radius 3 is 2.76 bits per heavy atom. The van der Waals surface area contributed by atoms with Gasteiger partial charge >= 0.3 is 0 Å². The van der Waals surface area contributed by atoms with Gasteiger partial charge in [0.25, 0.3) is 0 Å². The van der Waals surface area contributed by atoms with Crippen LogP contribution in [0.3, 0.4) is 0 Å². The molecule has 0 fully saturated rings. The Kier molecular flexibility index (Phi) is 6.95. The Bertz CT molecular complexity index is 943. The van der Waals surface area contributed by atoms with Crippen molar-refractivity contribution in [1.82, 2.24) is 9.97 Å². The molecule has 1 aromatic heterocycles. The van der Waals surface area contributed by atoms with Gasteiger partial charge in [-0.25, -0.2) is 9.97 Å². The highest BCUT2D eigenvalue weighted by Gasteiger charge is 2.15. The summed E-state index contributed by atoms with van der Waals surface area (Å²) in [6.45, 7) is 3.99. The molecule has 1 aliphatic rings. The summed E-state index contributed by atoms with van der Waals surface area (Å²) in [7, 11) is 0. The molecule has 2 N–H and O–H groups in total. The first-order valence-corrected chi connectivity index (χ1v) is 10.1. The molecule has 5 heteroatoms. The van der Waals surface area contributed by atoms with Crippen LogP contribution in [-0.4, -0.2) is 21.0 Å². The van der Waals surface area contributed by atoms with Crippen molar-refractivity contribution in [1.29, 1.82) is 0 Å². The molecule has 3 rings (SSSR count). The van der Waals surface area contributed by atoms with Crippen LogP contribution in [-0.2, 0) is 4.79 Å². The van der Waals surface area contributed by atoms with Crippen molar-refractivity contribution in [3.8, 4) is 17.0 Å². The van der Waals surface area contributed by atoms with Gasteiger partial charge in [-0.05, 0) is 55.2 Å². The summed E-state index contributed by atoms with van der Waals surface area (Å²) in [6.07, 6.45) is 15.6. The normalized spacial score (nSPS) is 14.6. The van der Waals surface area contributed by atoms with E-state index in [1.165, 1.54) is 5.57 Å². The van der Waals surface area contributed by atoms with Gasteiger partial charge in [-0.1, -0.05) is 44.6 Å². The topological polar surface area (TPSA) is 75.1 Å². The maximum Gasteiger partial charge on any atom is 0.228 e. The molecule has 0 saturated carbocycles. The lowest BCUT2D eigenvalue weighted by molar-refractivity contribution is -0.119. The van der Waals surface area contributed by atoms with Crippen molar-refractivity contribution in [3.63, 3.8) is 0 Å². The molecule has 1 unspecified atom stereocenters. The Hall–Kier alpha value is -3.21. The Morgan fingerprint density at radius 2 is 2.07 bits per heavy atom. The van der Waals surface area contributed by atoms with Gasteiger partial charge in [-0.3, -0.25) is 4.79 Å². The molecule has 29 heavy (non-hydrogen) atoms. The van der Waals surface area contributed by atoms with E-state index in [0.717, 1.165) is 31.2 Å². The quantitative estimate of drug-likeness (QED) is 0.654. The summed E-state index contributed by atoms with van der Waals surface area (Å²) in [5.41, 5.74) is 3.35. The first kappa shape index (κ1) is 20.5. The smallest absolute Gasteiger partial charge is 0.228 e. The van der Waals surface area contributed by atoms with E-state index in [1.807, 2.05) is 19.1 Å². The zero-order chi connectivity index (χ0) is 20.6. The number of aromatic nitrogens is 2. The highest BCUT2D eigenvalue weighted by Crippen LogP contribution is 2.24. The Balaban J connectivity index is 1.92. The number of amides is 1. The predicted molar refractivity (Wildman–Crippen MR) is 117 cm³/mol. The fourth-order valence-corrected chi connectivity index (χ4v) is 3.14. The summed E-state index contributed by atoms with van der Waals surface area (Å²) in [4.78, 5) is 21.7. The summed E-state index contributed by atoms with van der Waals surface area (Å²) in [5.74, 6) is 0.534. The number of nitrogens with zero attached hydrogens (tertiary/aromatic N) is 2. The van der Waals surface area contributed by atoms with E-state index in [4.69, 9.17) is 4.98 Å². The molecule has 5 nitrogen and oxygen atoms in total. The third-order valence-corrected chi connectivity index (χ3v) is 4.87. The van der Waals surface area contributed by atoms with E-state index in [9.17, 15) is 9.90 Å². The van der Waals surface area contributed by atoms with Crippen molar-refractivity contribution in [3.05, 3.63) is 66.0 Å². The number of phenols is 1. The molecule has 0 radical (unpaired) electrons. The van der Waals surface area contributed by atoms with Crippen LogP contribution in [0.25, 0.3) is 17.3 Å². The average Bonchev–Trinajstić information content (AvgIpc) is 2.74. The number of allylic oxidation sites excluding steroid dienone is 5. The minimum absolute atomic E-state index is 0.0481. The molecular weight excluding hydrogens is 362 g/mol. The highest BCUT2D eigenvalue weighted by atomic mass is 16.3. The number of carbonyl (C=O) groups excluding carboxylic acids is 1. The lowest BCUT2D eigenvalue weighted by Crippen LogP contribution is -2.21. The summed E-state index contributed by atoms with van der Waals surface area (Å²) < 4.78 is 0. The first-order chi connectivity index (χ1) is 14.1. The number of phenolic OH excluding ortho intramolecular Hbond substituents is 1. The van der Waals surface area contributed by atoms with Gasteiger partial charge in [0, 0.05) is 11.5 Å². The van der Waals surface area contributed by atoms with Crippen LogP contribution in [0.15, 0.2) is 60.3 Å². The zero-order valence-corrected chi connectivity index (χ0v) is 16.9. The maximum atomic E-state index is 12.5. The van der Waals surface area contributed by atoms with Crippen molar-refractivity contribution < 1.29 is 9.90 Å². The second-order valence-electron chi connectivity index (χ2n) is 7.26. The van der Waals surface area contributed by atoms with Crippen molar-refractivity contribution in [2.24, 2.45) is 5.92 Å². The van der Waals surface area contributed by atoms with Crippen molar-refractivity contribution in [2.75, 3.05) is 5.32 Å². The number of rotatable bonds is 7. The van der Waals surface area contributed by atoms with Gasteiger partial charge in [0.2, 0.25) is 5.91 Å². The number of anilines is 1. The van der Waals surface area contributed by atoms with Crippen LogP contribution >= 0.6 is 0 Å². The summed E-state index contributed by atoms with van der Waals surface area (Å²) >= 11 is 0. The molecule has 1 heterocycles. The molecule has 0 saturated heterocycles. The number of hydrogen-bond acceptors (Lipinski definition) is 4. The van der Waals surface area contributed by atoms with Gasteiger partial charge < -0.3 is 10.4 Å². The Morgan fingerprint density at radius 1 is 1.28 bits per heavy atom. The second-order valence-corrected chi connectivity index (χ2v) is 7.26. The third-order valence-electron chi connectivity index (χ3n) is 4.87. The van der Waals surface area contributed by atoms with E-state index in [1.54, 1.807) is 30.5 Å². The fraction of sp³-hybridized carbons (Fsp3) is 0.292. The first-order valence-electron chi connectivity index (χ1n) is 10.1. The van der Waals surface area contributed by atoms with Crippen LogP contribution in [0.1, 0.15) is 45.2 Å². The van der Waals surface area contributed by atoms with Crippen LogP contribution < -0.4 is 5.32 Å². The molecule has 150 valence electrons. The predicted octanol–water partition coefficient (Wildman–Crippen LogP) is 5.51. The summed E-state index contributed by atoms with van der Waals surface area (Å²) in [5, 5.41) is 12.5. The zero-order valence-electron chi connectivity index (χ0n) is 16.9. The lowest BCUT2D eigenvalue weighted by atomic mass is 10.0. The molecule has 0 spiro atoms. The standard InChI is InChI=1S/C24H27N3O2/c1-3-7-17(2)24(29)27-23-21(15-10-18-8-5-4-6-9-18)26-22(16-25-23)19-11-13-20(28)14-12-19/h4-5,8,10-17,28H,3,6-7,9H2,1-2H3,(H,25,27,29)/b15-10+. The number of carbonyl (C=O) groups is 1. The average molecular weight is 389 g/mol. The van der Waals surface area contributed by atoms with Crippen LogP contribution in [0.5, 0.6) is 5.75 Å². The molecule has 1 aliphatic carbocycles. The molecular formula is C24H27N3O2. The molecule has 1 amide bonds. The minimum atomic E-state index is -0.0819. The third kappa shape index (κ3) is 5.64. The van der Waals surface area contributed by atoms with Crippen LogP contribution in [0.4, 0.5) is 5.82 Å². The number of hydrogen-bond donors (Lipinski definition) is 2. The molecule has 0 aliphatic heterocycles. The monoisotopic (exact) mass is 389 g/mol. The van der Waals surface area contributed by atoms with E-state index in [0.29, 0.717) is 17.2 Å². The molecule has 1 aromatic carbocycles. The number of aromatic hydroxyl groups is 1. The van der Waals surface area contributed by atoms with Gasteiger partial charge in [-0.15, -0.1) is 0 Å². The van der Waals surface area contributed by atoms with E-state index in [2.05, 4.69) is 35.5 Å². The Labute approximate surface area is 171 Å². The van der Waals surface area contributed by atoms with E-state index < -0.39 is 0 Å².